The van der Waals surface area contributed by atoms with E-state index in [9.17, 15) is 4.79 Å². The van der Waals surface area contributed by atoms with Gasteiger partial charge in [-0.3, -0.25) is 4.79 Å². The van der Waals surface area contributed by atoms with Crippen molar-refractivity contribution in [1.29, 1.82) is 0 Å². The van der Waals surface area contributed by atoms with Crippen molar-refractivity contribution in [2.24, 2.45) is 5.73 Å². The molecule has 0 aliphatic carbocycles. The standard InChI is InChI=1S/C21H44N2OS/c22-18-14-12-15-19-23-21(24)17-13-10-8-6-4-2-1-3-5-7-9-11-16-20-25/h25H,1-20,22H2,(H,23,24). The van der Waals surface area contributed by atoms with Crippen LogP contribution in [0.2, 0.25) is 0 Å². The van der Waals surface area contributed by atoms with Gasteiger partial charge in [-0.25, -0.2) is 0 Å². The van der Waals surface area contributed by atoms with E-state index in [1.54, 1.807) is 0 Å². The molecule has 1 amide bonds. The third kappa shape index (κ3) is 21.7. The van der Waals surface area contributed by atoms with Gasteiger partial charge in [-0.05, 0) is 38.0 Å². The summed E-state index contributed by atoms with van der Waals surface area (Å²) >= 11 is 4.24. The number of rotatable bonds is 20. The monoisotopic (exact) mass is 372 g/mol. The number of thiol groups is 1. The lowest BCUT2D eigenvalue weighted by atomic mass is 10.0. The molecular weight excluding hydrogens is 328 g/mol. The minimum Gasteiger partial charge on any atom is -0.356 e. The molecule has 0 bridgehead atoms. The normalized spacial score (nSPS) is 11.0. The van der Waals surface area contributed by atoms with Crippen LogP contribution in [0, 0.1) is 0 Å². The van der Waals surface area contributed by atoms with Crippen LogP contribution in [0.3, 0.4) is 0 Å². The molecule has 0 rings (SSSR count). The highest BCUT2D eigenvalue weighted by Crippen LogP contribution is 2.13. The summed E-state index contributed by atoms with van der Waals surface area (Å²) in [4.78, 5) is 11.7. The Balaban J connectivity index is 3.09. The predicted octanol–water partition coefficient (Wildman–Crippen LogP) is 5.62. The van der Waals surface area contributed by atoms with Crippen LogP contribution in [0.5, 0.6) is 0 Å². The van der Waals surface area contributed by atoms with Crippen LogP contribution in [0.4, 0.5) is 0 Å². The number of unbranched alkanes of at least 4 members (excludes halogenated alkanes) is 14. The van der Waals surface area contributed by atoms with Gasteiger partial charge in [0, 0.05) is 13.0 Å². The largest absolute Gasteiger partial charge is 0.356 e. The SMILES string of the molecule is NCCCCCNC(=O)CCCCCCCCCCCCCCCS. The maximum atomic E-state index is 11.7. The molecule has 25 heavy (non-hydrogen) atoms. The Hall–Kier alpha value is -0.220. The summed E-state index contributed by atoms with van der Waals surface area (Å²) in [5.41, 5.74) is 5.45. The summed E-state index contributed by atoms with van der Waals surface area (Å²) in [6.07, 6.45) is 21.2. The maximum absolute atomic E-state index is 11.7. The number of nitrogens with one attached hydrogen (secondary N) is 1. The first-order chi connectivity index (χ1) is 12.3. The van der Waals surface area contributed by atoms with E-state index < -0.39 is 0 Å². The molecule has 4 heteroatoms. The van der Waals surface area contributed by atoms with E-state index in [0.717, 1.165) is 44.5 Å². The van der Waals surface area contributed by atoms with Crippen molar-refractivity contribution in [1.82, 2.24) is 5.32 Å². The molecule has 0 aliphatic heterocycles. The lowest BCUT2D eigenvalue weighted by molar-refractivity contribution is -0.121. The van der Waals surface area contributed by atoms with E-state index >= 15 is 0 Å². The molecule has 150 valence electrons. The first-order valence-corrected chi connectivity index (χ1v) is 11.5. The number of hydrogen-bond donors (Lipinski definition) is 3. The smallest absolute Gasteiger partial charge is 0.219 e. The van der Waals surface area contributed by atoms with Crippen molar-refractivity contribution in [2.75, 3.05) is 18.8 Å². The molecule has 0 atom stereocenters. The summed E-state index contributed by atoms with van der Waals surface area (Å²) in [7, 11) is 0. The van der Waals surface area contributed by atoms with Crippen molar-refractivity contribution >= 4 is 18.5 Å². The fraction of sp³-hybridized carbons (Fsp3) is 0.952. The van der Waals surface area contributed by atoms with Crippen LogP contribution in [0.25, 0.3) is 0 Å². The number of nitrogens with two attached hydrogens (primary N) is 1. The molecule has 0 saturated heterocycles. The Morgan fingerprint density at radius 3 is 1.56 bits per heavy atom. The van der Waals surface area contributed by atoms with E-state index in [4.69, 9.17) is 5.73 Å². The number of carbonyl (C=O) groups excluding carboxylic acids is 1. The molecule has 0 unspecified atom stereocenters. The quantitative estimate of drug-likeness (QED) is 0.192. The van der Waals surface area contributed by atoms with Gasteiger partial charge in [-0.15, -0.1) is 0 Å². The summed E-state index contributed by atoms with van der Waals surface area (Å²) in [5, 5.41) is 3.00. The van der Waals surface area contributed by atoms with E-state index in [1.165, 1.54) is 77.0 Å². The highest BCUT2D eigenvalue weighted by Gasteiger charge is 2.00. The highest BCUT2D eigenvalue weighted by molar-refractivity contribution is 7.80. The molecule has 0 aliphatic rings. The summed E-state index contributed by atoms with van der Waals surface area (Å²) in [5.74, 6) is 1.27. The average Bonchev–Trinajstić information content (AvgIpc) is 2.62. The van der Waals surface area contributed by atoms with Gasteiger partial charge in [0.1, 0.15) is 0 Å². The van der Waals surface area contributed by atoms with Crippen LogP contribution >= 0.6 is 12.6 Å². The fourth-order valence-corrected chi connectivity index (χ4v) is 3.33. The third-order valence-corrected chi connectivity index (χ3v) is 5.08. The van der Waals surface area contributed by atoms with Gasteiger partial charge in [0.05, 0.1) is 0 Å². The summed E-state index contributed by atoms with van der Waals surface area (Å²) in [6.45, 7) is 1.57. The molecule has 0 aromatic heterocycles. The van der Waals surface area contributed by atoms with Crippen LogP contribution < -0.4 is 11.1 Å². The molecule has 0 saturated carbocycles. The minimum absolute atomic E-state index is 0.224. The highest BCUT2D eigenvalue weighted by atomic mass is 32.1. The van der Waals surface area contributed by atoms with Crippen molar-refractivity contribution in [3.05, 3.63) is 0 Å². The average molecular weight is 373 g/mol. The second-order valence-corrected chi connectivity index (χ2v) is 7.72. The van der Waals surface area contributed by atoms with Gasteiger partial charge >= 0.3 is 0 Å². The van der Waals surface area contributed by atoms with Crippen LogP contribution in [0.1, 0.15) is 109 Å². The van der Waals surface area contributed by atoms with Gasteiger partial charge in [-0.2, -0.15) is 12.6 Å². The van der Waals surface area contributed by atoms with Gasteiger partial charge in [0.2, 0.25) is 5.91 Å². The Morgan fingerprint density at radius 2 is 1.08 bits per heavy atom. The maximum Gasteiger partial charge on any atom is 0.219 e. The molecule has 0 fully saturated rings. The van der Waals surface area contributed by atoms with E-state index in [-0.39, 0.29) is 5.91 Å². The van der Waals surface area contributed by atoms with E-state index in [2.05, 4.69) is 17.9 Å². The van der Waals surface area contributed by atoms with Gasteiger partial charge in [0.25, 0.3) is 0 Å². The topological polar surface area (TPSA) is 55.1 Å². The van der Waals surface area contributed by atoms with Crippen molar-refractivity contribution in [3.63, 3.8) is 0 Å². The van der Waals surface area contributed by atoms with Gasteiger partial charge < -0.3 is 11.1 Å². The lowest BCUT2D eigenvalue weighted by Crippen LogP contribution is -2.24. The Labute approximate surface area is 162 Å². The second-order valence-electron chi connectivity index (χ2n) is 7.27. The zero-order valence-electron chi connectivity index (χ0n) is 16.6. The first-order valence-electron chi connectivity index (χ1n) is 10.9. The van der Waals surface area contributed by atoms with Crippen molar-refractivity contribution in [2.45, 2.75) is 109 Å². The molecule has 0 spiro atoms. The summed E-state index contributed by atoms with van der Waals surface area (Å²) < 4.78 is 0. The Kier molecular flexibility index (Phi) is 21.6. The van der Waals surface area contributed by atoms with Gasteiger partial charge in [0.15, 0.2) is 0 Å². The number of amides is 1. The lowest BCUT2D eigenvalue weighted by Gasteiger charge is -2.05. The molecule has 0 aromatic carbocycles. The molecule has 3 N–H and O–H groups in total. The number of hydrogen-bond acceptors (Lipinski definition) is 3. The molecule has 0 radical (unpaired) electrons. The predicted molar refractivity (Wildman–Crippen MR) is 114 cm³/mol. The summed E-state index contributed by atoms with van der Waals surface area (Å²) in [6, 6.07) is 0. The van der Waals surface area contributed by atoms with Crippen molar-refractivity contribution in [3.8, 4) is 0 Å². The molecule has 0 aromatic rings. The molecule has 3 nitrogen and oxygen atoms in total. The second kappa shape index (κ2) is 21.8. The third-order valence-electron chi connectivity index (χ3n) is 4.77. The van der Waals surface area contributed by atoms with Crippen LogP contribution in [0.15, 0.2) is 0 Å². The first kappa shape index (κ1) is 24.8. The number of carbonyl (C=O) groups is 1. The van der Waals surface area contributed by atoms with Crippen LogP contribution in [-0.2, 0) is 4.79 Å². The van der Waals surface area contributed by atoms with Gasteiger partial charge in [-0.1, -0.05) is 77.0 Å². The van der Waals surface area contributed by atoms with Crippen LogP contribution in [-0.4, -0.2) is 24.7 Å². The minimum atomic E-state index is 0.224. The fourth-order valence-electron chi connectivity index (χ4n) is 3.10. The molecular formula is C21H44N2OS. The Morgan fingerprint density at radius 1 is 0.640 bits per heavy atom. The zero-order chi connectivity index (χ0) is 18.4. The Bertz CT molecular complexity index is 275. The molecule has 0 heterocycles. The van der Waals surface area contributed by atoms with E-state index in [0.29, 0.717) is 6.42 Å². The zero-order valence-corrected chi connectivity index (χ0v) is 17.5. The van der Waals surface area contributed by atoms with Crippen molar-refractivity contribution < 1.29 is 4.79 Å². The van der Waals surface area contributed by atoms with E-state index in [1.807, 2.05) is 0 Å².